The van der Waals surface area contributed by atoms with Crippen molar-refractivity contribution >= 4 is 43.9 Å². The van der Waals surface area contributed by atoms with Gasteiger partial charge in [-0.2, -0.15) is 13.0 Å². The van der Waals surface area contributed by atoms with Crippen LogP contribution in [0.25, 0.3) is 21.8 Å². The van der Waals surface area contributed by atoms with Crippen LogP contribution in [0.1, 0.15) is 65.0 Å². The Morgan fingerprint density at radius 1 is 0.554 bits per heavy atom. The van der Waals surface area contributed by atoms with Gasteiger partial charge in [0.1, 0.15) is 29.5 Å². The van der Waals surface area contributed by atoms with Gasteiger partial charge in [0.25, 0.3) is 10.1 Å². The molecular formula is C53H78NO19S+. The number of ether oxygens (including phenoxy) is 14. The lowest BCUT2D eigenvalue weighted by Gasteiger charge is -2.21. The molecule has 0 atom stereocenters. The number of fused-ring (bicyclic) bond motifs is 2. The number of esters is 2. The number of benzene rings is 3. The number of carbonyl (C=O) groups is 2. The molecule has 1 aromatic heterocycles. The van der Waals surface area contributed by atoms with Crippen LogP contribution in [-0.4, -0.2) is 183 Å². The molecule has 0 aliphatic heterocycles. The number of aryl methyl sites for hydroxylation is 3. The molecule has 4 aromatic rings. The minimum absolute atomic E-state index is 0.0285. The van der Waals surface area contributed by atoms with Crippen LogP contribution < -0.4 is 18.8 Å². The van der Waals surface area contributed by atoms with Gasteiger partial charge in [-0.05, 0) is 74.2 Å². The van der Waals surface area contributed by atoms with Crippen molar-refractivity contribution in [3.63, 3.8) is 0 Å². The Labute approximate surface area is 435 Å². The van der Waals surface area contributed by atoms with Gasteiger partial charge in [0.2, 0.25) is 11.0 Å². The van der Waals surface area contributed by atoms with E-state index in [1.807, 2.05) is 18.4 Å². The standard InChI is InChI=1S/C53H77NO19S/c1-8-16-63-22-26-67-35-44(36-68-27-23-64-17-9-2)71-42-11-13-48-46(33-42)50(53(56)73-51-39(3)31-41(32-40(51)4)52(55)62-7)47-34-43(12-14-49(47)54(48)15-10-30-74(57,58)59)72-45(37-69-28-24-65-20-18-60-5)38-70-29-25-66-21-19-61-6/h11-14,31-34,44-45H,8-10,15-30,35-38H2,1-7H3/p+1. The number of pyridine rings is 1. The van der Waals surface area contributed by atoms with Crippen molar-refractivity contribution in [1.82, 2.24) is 0 Å². The van der Waals surface area contributed by atoms with Crippen LogP contribution in [-0.2, 0) is 68.8 Å². The third-order valence-corrected chi connectivity index (χ3v) is 11.8. The predicted molar refractivity (Wildman–Crippen MR) is 275 cm³/mol. The molecule has 0 radical (unpaired) electrons. The molecule has 414 valence electrons. The van der Waals surface area contributed by atoms with Crippen molar-refractivity contribution in [2.75, 3.05) is 146 Å². The summed E-state index contributed by atoms with van der Waals surface area (Å²) in [7, 11) is 0.159. The molecule has 0 aliphatic carbocycles. The second kappa shape index (κ2) is 34.9. The molecule has 74 heavy (non-hydrogen) atoms. The molecule has 0 saturated carbocycles. The van der Waals surface area contributed by atoms with E-state index < -0.39 is 40.0 Å². The summed E-state index contributed by atoms with van der Waals surface area (Å²) < 4.78 is 117. The van der Waals surface area contributed by atoms with Crippen LogP contribution in [0.5, 0.6) is 17.2 Å². The van der Waals surface area contributed by atoms with Crippen molar-refractivity contribution in [3.05, 3.63) is 70.8 Å². The first kappa shape index (κ1) is 61.9. The average molecular weight is 1070 g/mol. The number of methoxy groups -OCH3 is 3. The fourth-order valence-corrected chi connectivity index (χ4v) is 8.10. The average Bonchev–Trinajstić information content (AvgIpc) is 3.37. The lowest BCUT2D eigenvalue weighted by atomic mass is 10.0. The first-order valence-corrected chi connectivity index (χ1v) is 26.7. The third-order valence-electron chi connectivity index (χ3n) is 11.0. The Hall–Kier alpha value is -4.62. The summed E-state index contributed by atoms with van der Waals surface area (Å²) in [5.74, 6) is -0.852. The monoisotopic (exact) mass is 1060 g/mol. The summed E-state index contributed by atoms with van der Waals surface area (Å²) in [6.07, 6.45) is 0.550. The largest absolute Gasteiger partial charge is 0.486 e. The van der Waals surface area contributed by atoms with E-state index in [0.29, 0.717) is 124 Å². The van der Waals surface area contributed by atoms with E-state index in [1.54, 1.807) is 76.6 Å². The van der Waals surface area contributed by atoms with Crippen molar-refractivity contribution in [2.45, 2.75) is 65.7 Å². The van der Waals surface area contributed by atoms with Crippen LogP contribution in [0.2, 0.25) is 0 Å². The van der Waals surface area contributed by atoms with Crippen LogP contribution in [0.4, 0.5) is 0 Å². The molecule has 0 aliphatic rings. The van der Waals surface area contributed by atoms with Gasteiger partial charge in [0.05, 0.1) is 140 Å². The molecule has 1 heterocycles. The second-order valence-electron chi connectivity index (χ2n) is 17.1. The molecule has 0 spiro atoms. The summed E-state index contributed by atoms with van der Waals surface area (Å²) in [6.45, 7) is 13.8. The smallest absolute Gasteiger partial charge is 0.345 e. The van der Waals surface area contributed by atoms with Crippen LogP contribution in [0.15, 0.2) is 48.5 Å². The fourth-order valence-electron chi connectivity index (χ4n) is 7.61. The van der Waals surface area contributed by atoms with Gasteiger partial charge in [-0.1, -0.05) is 13.8 Å². The fraction of sp³-hybridized carbons (Fsp3) is 0.604. The highest BCUT2D eigenvalue weighted by molar-refractivity contribution is 7.85. The van der Waals surface area contributed by atoms with E-state index >= 15 is 4.79 Å². The maximum absolute atomic E-state index is 15.1. The lowest BCUT2D eigenvalue weighted by Crippen LogP contribution is -2.37. The Balaban J connectivity index is 1.86. The van der Waals surface area contributed by atoms with Gasteiger partial charge >= 0.3 is 11.9 Å². The first-order chi connectivity index (χ1) is 35.8. The van der Waals surface area contributed by atoms with E-state index in [9.17, 15) is 17.8 Å². The zero-order valence-electron chi connectivity index (χ0n) is 44.2. The van der Waals surface area contributed by atoms with E-state index in [4.69, 9.17) is 66.3 Å². The van der Waals surface area contributed by atoms with Gasteiger partial charge in [-0.3, -0.25) is 4.55 Å². The lowest BCUT2D eigenvalue weighted by molar-refractivity contribution is -0.645. The number of aromatic nitrogens is 1. The van der Waals surface area contributed by atoms with E-state index in [2.05, 4.69) is 0 Å². The van der Waals surface area contributed by atoms with E-state index in [1.165, 1.54) is 7.11 Å². The minimum Gasteiger partial charge on any atom is -0.486 e. The maximum atomic E-state index is 15.1. The van der Waals surface area contributed by atoms with Crippen LogP contribution in [0.3, 0.4) is 0 Å². The van der Waals surface area contributed by atoms with E-state index in [0.717, 1.165) is 12.8 Å². The quantitative estimate of drug-likeness (QED) is 0.0136. The van der Waals surface area contributed by atoms with Crippen molar-refractivity contribution in [1.29, 1.82) is 0 Å². The molecule has 20 nitrogen and oxygen atoms in total. The van der Waals surface area contributed by atoms with Crippen LogP contribution in [0, 0.1) is 13.8 Å². The second-order valence-corrected chi connectivity index (χ2v) is 18.6. The highest BCUT2D eigenvalue weighted by Crippen LogP contribution is 2.34. The Bertz CT molecular complexity index is 2340. The summed E-state index contributed by atoms with van der Waals surface area (Å²) >= 11 is 0. The molecule has 1 N–H and O–H groups in total. The Kier molecular flexibility index (Phi) is 29.2. The Morgan fingerprint density at radius 2 is 0.959 bits per heavy atom. The van der Waals surface area contributed by atoms with Gasteiger partial charge in [-0.15, -0.1) is 0 Å². The molecule has 3 aromatic carbocycles. The molecule has 4 rings (SSSR count). The molecule has 0 unspecified atom stereocenters. The van der Waals surface area contributed by atoms with Crippen molar-refractivity contribution in [3.8, 4) is 17.2 Å². The number of hydrogen-bond acceptors (Lipinski definition) is 18. The predicted octanol–water partition coefficient (Wildman–Crippen LogP) is 5.92. The SMILES string of the molecule is CCCOCCOCC(COCCOCCC)Oc1ccc2c(c1)c(C(=O)Oc1c(C)cc(C(=O)OC)cc1C)c1cc(OC(COCCOCCOC)COCCOCCOC)ccc1[n+]2CCCS(=O)(=O)O. The zero-order chi connectivity index (χ0) is 53.6. The molecule has 0 fully saturated rings. The van der Waals surface area contributed by atoms with Gasteiger partial charge in [0, 0.05) is 46.0 Å². The number of nitrogens with zero attached hydrogens (tertiary/aromatic N) is 1. The number of carbonyl (C=O) groups excluding carboxylic acids is 2. The summed E-state index contributed by atoms with van der Waals surface area (Å²) in [6, 6.07) is 13.6. The van der Waals surface area contributed by atoms with E-state index in [-0.39, 0.29) is 69.5 Å². The Morgan fingerprint density at radius 3 is 1.35 bits per heavy atom. The van der Waals surface area contributed by atoms with Gasteiger partial charge < -0.3 is 66.3 Å². The summed E-state index contributed by atoms with van der Waals surface area (Å²) in [4.78, 5) is 27.7. The van der Waals surface area contributed by atoms with Crippen LogP contribution >= 0.6 is 0 Å². The summed E-state index contributed by atoms with van der Waals surface area (Å²) in [5.41, 5.74) is 2.49. The van der Waals surface area contributed by atoms with Gasteiger partial charge in [-0.25, -0.2) is 9.59 Å². The third kappa shape index (κ3) is 21.9. The zero-order valence-corrected chi connectivity index (χ0v) is 45.0. The molecular weight excluding hydrogens is 987 g/mol. The number of rotatable bonds is 41. The molecule has 0 saturated heterocycles. The highest BCUT2D eigenvalue weighted by atomic mass is 32.2. The minimum atomic E-state index is -4.32. The highest BCUT2D eigenvalue weighted by Gasteiger charge is 2.29. The normalized spacial score (nSPS) is 11.9. The number of hydrogen-bond donors (Lipinski definition) is 1. The first-order valence-electron chi connectivity index (χ1n) is 25.1. The van der Waals surface area contributed by atoms with Gasteiger partial charge in [0.15, 0.2) is 6.54 Å². The topological polar surface area (TPSA) is 222 Å². The van der Waals surface area contributed by atoms with Crippen molar-refractivity contribution in [2.24, 2.45) is 0 Å². The summed E-state index contributed by atoms with van der Waals surface area (Å²) in [5, 5.41) is 0.767. The molecule has 0 bridgehead atoms. The molecule has 0 amide bonds. The maximum Gasteiger partial charge on any atom is 0.345 e. The molecule has 21 heteroatoms. The van der Waals surface area contributed by atoms with Crippen molar-refractivity contribution < 1.29 is 93.4 Å².